The van der Waals surface area contributed by atoms with E-state index in [1.54, 1.807) is 4.90 Å². The average Bonchev–Trinajstić information content (AvgIpc) is 3.16. The van der Waals surface area contributed by atoms with Crippen LogP contribution >= 0.6 is 0 Å². The number of nitrogens with one attached hydrogen (secondary N) is 1. The van der Waals surface area contributed by atoms with Crippen LogP contribution in [0.3, 0.4) is 0 Å². The third-order valence-electron chi connectivity index (χ3n) is 4.77. The molecular formula is C15H21N5O3. The van der Waals surface area contributed by atoms with Gasteiger partial charge in [0.2, 0.25) is 5.89 Å². The zero-order valence-corrected chi connectivity index (χ0v) is 13.0. The molecule has 4 rings (SSSR count). The molecule has 3 aliphatic rings. The lowest BCUT2D eigenvalue weighted by molar-refractivity contribution is 0.137. The number of hydrogen-bond acceptors (Lipinski definition) is 5. The van der Waals surface area contributed by atoms with E-state index in [1.165, 1.54) is 4.90 Å². The van der Waals surface area contributed by atoms with Crippen LogP contribution in [0.4, 0.5) is 9.59 Å². The number of carbonyl (C=O) groups is 2. The molecule has 0 radical (unpaired) electrons. The fourth-order valence-electron chi connectivity index (χ4n) is 3.34. The second kappa shape index (κ2) is 5.82. The minimum absolute atomic E-state index is 0.186. The molecule has 1 atom stereocenters. The minimum atomic E-state index is -0.289. The fraction of sp³-hybridized carbons (Fsp3) is 0.733. The monoisotopic (exact) mass is 319 g/mol. The summed E-state index contributed by atoms with van der Waals surface area (Å²) in [5.41, 5.74) is 0. The van der Waals surface area contributed by atoms with Crippen LogP contribution in [0.15, 0.2) is 4.52 Å². The molecule has 23 heavy (non-hydrogen) atoms. The molecule has 8 heteroatoms. The number of likely N-dealkylation sites (tertiary alicyclic amines) is 1. The van der Waals surface area contributed by atoms with E-state index in [0.717, 1.165) is 31.5 Å². The van der Waals surface area contributed by atoms with E-state index in [9.17, 15) is 9.59 Å². The van der Waals surface area contributed by atoms with Gasteiger partial charge in [-0.25, -0.2) is 14.5 Å². The third-order valence-corrected chi connectivity index (χ3v) is 4.77. The Morgan fingerprint density at radius 2 is 2.17 bits per heavy atom. The number of amides is 4. The Bertz CT molecular complexity index is 612. The first kappa shape index (κ1) is 14.5. The van der Waals surface area contributed by atoms with Gasteiger partial charge in [0.1, 0.15) is 0 Å². The van der Waals surface area contributed by atoms with E-state index in [0.29, 0.717) is 50.3 Å². The van der Waals surface area contributed by atoms with Gasteiger partial charge in [0, 0.05) is 38.5 Å². The molecule has 2 aliphatic heterocycles. The van der Waals surface area contributed by atoms with Crippen molar-refractivity contribution in [1.29, 1.82) is 0 Å². The Kier molecular flexibility index (Phi) is 3.66. The Balaban J connectivity index is 1.36. The molecule has 0 unspecified atom stereocenters. The zero-order chi connectivity index (χ0) is 15.8. The normalized spacial score (nSPS) is 24.9. The smallest absolute Gasteiger partial charge is 0.328 e. The summed E-state index contributed by atoms with van der Waals surface area (Å²) in [7, 11) is 0. The second-order valence-corrected chi connectivity index (χ2v) is 6.65. The molecule has 0 aromatic carbocycles. The number of nitrogens with zero attached hydrogens (tertiary/aromatic N) is 4. The Morgan fingerprint density at radius 1 is 1.30 bits per heavy atom. The summed E-state index contributed by atoms with van der Waals surface area (Å²) < 4.78 is 5.34. The Hall–Kier alpha value is -2.12. The van der Waals surface area contributed by atoms with Gasteiger partial charge in [0.25, 0.3) is 0 Å². The molecule has 2 saturated heterocycles. The third kappa shape index (κ3) is 3.02. The molecule has 1 aliphatic carbocycles. The number of carbonyl (C=O) groups excluding carboxylic acids is 2. The summed E-state index contributed by atoms with van der Waals surface area (Å²) in [5.74, 6) is 2.30. The van der Waals surface area contributed by atoms with Crippen molar-refractivity contribution in [2.24, 2.45) is 5.92 Å². The summed E-state index contributed by atoms with van der Waals surface area (Å²) in [5, 5.41) is 6.71. The van der Waals surface area contributed by atoms with Crippen LogP contribution in [-0.4, -0.2) is 58.2 Å². The van der Waals surface area contributed by atoms with Crippen molar-refractivity contribution in [2.45, 2.75) is 38.0 Å². The van der Waals surface area contributed by atoms with Crippen LogP contribution in [0.5, 0.6) is 0 Å². The van der Waals surface area contributed by atoms with Crippen molar-refractivity contribution < 1.29 is 14.1 Å². The Morgan fingerprint density at radius 3 is 2.91 bits per heavy atom. The lowest BCUT2D eigenvalue weighted by Crippen LogP contribution is -2.48. The number of imide groups is 1. The maximum absolute atomic E-state index is 12.5. The van der Waals surface area contributed by atoms with E-state index in [4.69, 9.17) is 4.52 Å². The van der Waals surface area contributed by atoms with Crippen molar-refractivity contribution in [3.8, 4) is 0 Å². The molecule has 3 heterocycles. The molecule has 1 saturated carbocycles. The minimum Gasteiger partial charge on any atom is -0.339 e. The van der Waals surface area contributed by atoms with Crippen LogP contribution < -0.4 is 5.32 Å². The van der Waals surface area contributed by atoms with Crippen molar-refractivity contribution in [3.63, 3.8) is 0 Å². The number of rotatable bonds is 3. The molecule has 0 bridgehead atoms. The lowest BCUT2D eigenvalue weighted by Gasteiger charge is -2.33. The van der Waals surface area contributed by atoms with Crippen molar-refractivity contribution >= 4 is 12.1 Å². The van der Waals surface area contributed by atoms with E-state index in [1.807, 2.05) is 0 Å². The van der Waals surface area contributed by atoms with Crippen LogP contribution in [0.2, 0.25) is 0 Å². The van der Waals surface area contributed by atoms with E-state index in [2.05, 4.69) is 15.5 Å². The number of aromatic nitrogens is 2. The highest BCUT2D eigenvalue weighted by molar-refractivity contribution is 5.94. The van der Waals surface area contributed by atoms with Gasteiger partial charge in [0.15, 0.2) is 5.82 Å². The van der Waals surface area contributed by atoms with Crippen LogP contribution in [0.25, 0.3) is 0 Å². The summed E-state index contributed by atoms with van der Waals surface area (Å²) in [6.45, 7) is 2.33. The van der Waals surface area contributed by atoms with E-state index >= 15 is 0 Å². The topological polar surface area (TPSA) is 91.6 Å². The summed E-state index contributed by atoms with van der Waals surface area (Å²) >= 11 is 0. The highest BCUT2D eigenvalue weighted by atomic mass is 16.5. The average molecular weight is 319 g/mol. The predicted octanol–water partition coefficient (Wildman–Crippen LogP) is 1.35. The van der Waals surface area contributed by atoms with Gasteiger partial charge in [0.05, 0.1) is 0 Å². The summed E-state index contributed by atoms with van der Waals surface area (Å²) in [4.78, 5) is 31.6. The maximum Gasteiger partial charge on any atom is 0.328 e. The largest absolute Gasteiger partial charge is 0.339 e. The van der Waals surface area contributed by atoms with Crippen molar-refractivity contribution in [3.05, 3.63) is 11.7 Å². The molecule has 124 valence electrons. The standard InChI is InChI=1S/C15H21N5O3/c21-14-16-5-7-20(14)15(22)19-6-1-2-10(9-19)8-12-17-13(18-23-12)11-3-4-11/h10-11H,1-9H2,(H,16,21)/t10-/m1/s1. The fourth-order valence-corrected chi connectivity index (χ4v) is 3.34. The predicted molar refractivity (Wildman–Crippen MR) is 79.8 cm³/mol. The quantitative estimate of drug-likeness (QED) is 0.908. The van der Waals surface area contributed by atoms with Gasteiger partial charge in [-0.2, -0.15) is 4.98 Å². The van der Waals surface area contributed by atoms with Gasteiger partial charge in [-0.3, -0.25) is 0 Å². The first-order chi connectivity index (χ1) is 11.2. The molecule has 1 N–H and O–H groups in total. The van der Waals surface area contributed by atoms with Crippen LogP contribution in [0, 0.1) is 5.92 Å². The van der Waals surface area contributed by atoms with Crippen LogP contribution in [-0.2, 0) is 6.42 Å². The molecule has 1 aromatic rings. The first-order valence-electron chi connectivity index (χ1n) is 8.37. The SMILES string of the molecule is O=C1NCCN1C(=O)N1CCC[C@H](Cc2nc(C3CC3)no2)C1. The zero-order valence-electron chi connectivity index (χ0n) is 13.0. The van der Waals surface area contributed by atoms with Gasteiger partial charge in [-0.15, -0.1) is 0 Å². The van der Waals surface area contributed by atoms with Crippen LogP contribution in [0.1, 0.15) is 43.3 Å². The van der Waals surface area contributed by atoms with Crippen molar-refractivity contribution in [1.82, 2.24) is 25.3 Å². The number of piperidine rings is 1. The molecular weight excluding hydrogens is 298 g/mol. The highest BCUT2D eigenvalue weighted by Gasteiger charge is 2.34. The second-order valence-electron chi connectivity index (χ2n) is 6.65. The summed E-state index contributed by atoms with van der Waals surface area (Å²) in [6.07, 6.45) is 4.99. The number of hydrogen-bond donors (Lipinski definition) is 1. The molecule has 4 amide bonds. The van der Waals surface area contributed by atoms with Gasteiger partial charge < -0.3 is 14.7 Å². The first-order valence-corrected chi connectivity index (χ1v) is 8.37. The molecule has 1 aromatic heterocycles. The van der Waals surface area contributed by atoms with Gasteiger partial charge in [-0.1, -0.05) is 5.16 Å². The molecule has 8 nitrogen and oxygen atoms in total. The highest BCUT2D eigenvalue weighted by Crippen LogP contribution is 2.38. The maximum atomic E-state index is 12.5. The van der Waals surface area contributed by atoms with Gasteiger partial charge in [-0.05, 0) is 31.6 Å². The van der Waals surface area contributed by atoms with E-state index < -0.39 is 0 Å². The molecule has 3 fully saturated rings. The Labute approximate surface area is 134 Å². The van der Waals surface area contributed by atoms with E-state index in [-0.39, 0.29) is 12.1 Å². The summed E-state index contributed by atoms with van der Waals surface area (Å²) in [6, 6.07) is -0.475. The van der Waals surface area contributed by atoms with Gasteiger partial charge >= 0.3 is 12.1 Å². The van der Waals surface area contributed by atoms with Crippen molar-refractivity contribution in [2.75, 3.05) is 26.2 Å². The lowest BCUT2D eigenvalue weighted by atomic mass is 9.95. The molecule has 0 spiro atoms. The number of urea groups is 2.